The monoisotopic (exact) mass is 531 g/mol. The summed E-state index contributed by atoms with van der Waals surface area (Å²) in [6.45, 7) is 7.42. The summed E-state index contributed by atoms with van der Waals surface area (Å²) in [5.41, 5.74) is 5.91. The van der Waals surface area contributed by atoms with Crippen LogP contribution in [0, 0.1) is 13.8 Å². The van der Waals surface area contributed by atoms with Crippen molar-refractivity contribution in [1.82, 2.24) is 10.2 Å². The first-order valence-corrected chi connectivity index (χ1v) is 14.0. The summed E-state index contributed by atoms with van der Waals surface area (Å²) < 4.78 is 11.3. The van der Waals surface area contributed by atoms with Crippen molar-refractivity contribution in [3.63, 3.8) is 0 Å². The van der Waals surface area contributed by atoms with Gasteiger partial charge in [-0.25, -0.2) is 9.79 Å². The Morgan fingerprint density at radius 3 is 2.71 bits per heavy atom. The van der Waals surface area contributed by atoms with Gasteiger partial charge in [0.25, 0.3) is 0 Å². The second-order valence-corrected chi connectivity index (χ2v) is 10.6. The van der Waals surface area contributed by atoms with Gasteiger partial charge in [-0.1, -0.05) is 65.9 Å². The highest BCUT2D eigenvalue weighted by atomic mass is 32.2. The van der Waals surface area contributed by atoms with Gasteiger partial charge in [0, 0.05) is 24.4 Å². The minimum Gasteiger partial charge on any atom is -0.463 e. The Morgan fingerprint density at radius 2 is 2.00 bits per heavy atom. The molecule has 0 bridgehead atoms. The van der Waals surface area contributed by atoms with Crippen molar-refractivity contribution in [3.8, 4) is 0 Å². The number of aliphatic imine (C=N–C) groups is 1. The summed E-state index contributed by atoms with van der Waals surface area (Å²) in [7, 11) is 0. The molecule has 2 aromatic rings. The van der Waals surface area contributed by atoms with E-state index in [1.54, 1.807) is 6.92 Å². The number of rotatable bonds is 8. The Labute approximate surface area is 228 Å². The highest BCUT2D eigenvalue weighted by Crippen LogP contribution is 2.47. The summed E-state index contributed by atoms with van der Waals surface area (Å²) in [5, 5.41) is 5.73. The number of nitrogens with zero attached hydrogens (tertiary/aromatic N) is 2. The normalized spacial score (nSPS) is 20.7. The van der Waals surface area contributed by atoms with Crippen LogP contribution in [0.25, 0.3) is 5.70 Å². The van der Waals surface area contributed by atoms with Crippen LogP contribution in [0.5, 0.6) is 0 Å². The fourth-order valence-corrected chi connectivity index (χ4v) is 6.09. The molecular weight excluding hydrogens is 498 g/mol. The van der Waals surface area contributed by atoms with E-state index >= 15 is 0 Å². The fourth-order valence-electron chi connectivity index (χ4n) is 5.18. The molecule has 2 unspecified atom stereocenters. The maximum absolute atomic E-state index is 13.6. The number of carbonyl (C=O) groups excluding carboxylic acids is 2. The van der Waals surface area contributed by atoms with E-state index in [-0.39, 0.29) is 25.0 Å². The maximum atomic E-state index is 13.6. The van der Waals surface area contributed by atoms with E-state index in [4.69, 9.17) is 14.5 Å². The smallest absolute Gasteiger partial charge is 0.338 e. The first-order chi connectivity index (χ1) is 18.5. The van der Waals surface area contributed by atoms with Crippen molar-refractivity contribution in [2.24, 2.45) is 4.99 Å². The quantitative estimate of drug-likeness (QED) is 0.468. The Morgan fingerprint density at radius 1 is 1.18 bits per heavy atom. The van der Waals surface area contributed by atoms with E-state index in [0.717, 1.165) is 52.6 Å². The molecular formula is C30H33N3O4S. The molecule has 3 heterocycles. The minimum absolute atomic E-state index is 0.0766. The van der Waals surface area contributed by atoms with Gasteiger partial charge in [0.15, 0.2) is 5.17 Å². The van der Waals surface area contributed by atoms with Crippen LogP contribution < -0.4 is 5.32 Å². The average molecular weight is 532 g/mol. The summed E-state index contributed by atoms with van der Waals surface area (Å²) >= 11 is 1.48. The number of ether oxygens (including phenoxy) is 2. The van der Waals surface area contributed by atoms with E-state index in [9.17, 15) is 9.59 Å². The molecule has 1 N–H and O–H groups in total. The van der Waals surface area contributed by atoms with Crippen molar-refractivity contribution in [1.29, 1.82) is 0 Å². The molecule has 0 radical (unpaired) electrons. The molecule has 3 aliphatic heterocycles. The SMILES string of the molecule is CCOC(=O)C1=C(c2ccccc2)N=C2SC=C(CC(=O)NCC3CCCO3)N2C1c1ccc(C)cc1C. The average Bonchev–Trinajstić information content (AvgIpc) is 3.57. The molecule has 38 heavy (non-hydrogen) atoms. The van der Waals surface area contributed by atoms with Gasteiger partial charge in [0.1, 0.15) is 0 Å². The first kappa shape index (κ1) is 26.3. The van der Waals surface area contributed by atoms with Crippen LogP contribution in [0.15, 0.2) is 70.2 Å². The molecule has 0 aliphatic carbocycles. The number of amides is 1. The lowest BCUT2D eigenvalue weighted by atomic mass is 9.88. The molecule has 1 fully saturated rings. The molecule has 198 valence electrons. The lowest BCUT2D eigenvalue weighted by molar-refractivity contribution is -0.139. The number of hydrogen-bond acceptors (Lipinski definition) is 7. The molecule has 3 aliphatic rings. The fraction of sp³-hybridized carbons (Fsp3) is 0.367. The molecule has 0 saturated carbocycles. The molecule has 7 nitrogen and oxygen atoms in total. The van der Waals surface area contributed by atoms with E-state index in [0.29, 0.717) is 17.8 Å². The predicted octanol–water partition coefficient (Wildman–Crippen LogP) is 5.26. The minimum atomic E-state index is -0.482. The van der Waals surface area contributed by atoms with E-state index in [1.807, 2.05) is 40.6 Å². The Kier molecular flexibility index (Phi) is 8.00. The Hall–Kier alpha value is -3.36. The van der Waals surface area contributed by atoms with E-state index < -0.39 is 12.0 Å². The molecule has 0 aromatic heterocycles. The molecule has 2 atom stereocenters. The maximum Gasteiger partial charge on any atom is 0.338 e. The zero-order chi connectivity index (χ0) is 26.6. The van der Waals surface area contributed by atoms with E-state index in [1.165, 1.54) is 11.8 Å². The molecule has 1 saturated heterocycles. The van der Waals surface area contributed by atoms with Crippen molar-refractivity contribution in [2.45, 2.75) is 52.2 Å². The van der Waals surface area contributed by atoms with Crippen molar-refractivity contribution >= 4 is 34.5 Å². The summed E-state index contributed by atoms with van der Waals surface area (Å²) in [4.78, 5) is 33.6. The highest BCUT2D eigenvalue weighted by Gasteiger charge is 2.42. The third-order valence-electron chi connectivity index (χ3n) is 6.97. The number of hydrogen-bond donors (Lipinski definition) is 1. The molecule has 1 amide bonds. The number of nitrogens with one attached hydrogen (secondary N) is 1. The van der Waals surface area contributed by atoms with Crippen LogP contribution in [0.2, 0.25) is 0 Å². The predicted molar refractivity (Wildman–Crippen MR) is 150 cm³/mol. The second-order valence-electron chi connectivity index (χ2n) is 9.72. The van der Waals surface area contributed by atoms with Crippen LogP contribution in [0.4, 0.5) is 0 Å². The number of amidine groups is 1. The van der Waals surface area contributed by atoms with Gasteiger partial charge in [-0.3, -0.25) is 4.79 Å². The molecule has 8 heteroatoms. The number of aryl methyl sites for hydroxylation is 2. The lowest BCUT2D eigenvalue weighted by Crippen LogP contribution is -2.39. The van der Waals surface area contributed by atoms with E-state index in [2.05, 4.69) is 37.4 Å². The number of carbonyl (C=O) groups is 2. The highest BCUT2D eigenvalue weighted by molar-refractivity contribution is 8.16. The van der Waals surface area contributed by atoms with Gasteiger partial charge < -0.3 is 19.7 Å². The zero-order valence-electron chi connectivity index (χ0n) is 22.0. The van der Waals surface area contributed by atoms with Gasteiger partial charge in [-0.05, 0) is 50.1 Å². The van der Waals surface area contributed by atoms with Gasteiger partial charge in [-0.15, -0.1) is 0 Å². The van der Waals surface area contributed by atoms with Gasteiger partial charge in [-0.2, -0.15) is 0 Å². The summed E-state index contributed by atoms with van der Waals surface area (Å²) in [5.74, 6) is -0.485. The van der Waals surface area contributed by atoms with Crippen LogP contribution >= 0.6 is 11.8 Å². The summed E-state index contributed by atoms with van der Waals surface area (Å²) in [6, 6.07) is 15.5. The number of benzene rings is 2. The molecule has 2 aromatic carbocycles. The third-order valence-corrected chi connectivity index (χ3v) is 7.85. The Bertz CT molecular complexity index is 1310. The van der Waals surface area contributed by atoms with Gasteiger partial charge >= 0.3 is 5.97 Å². The van der Waals surface area contributed by atoms with Crippen molar-refractivity contribution in [2.75, 3.05) is 19.8 Å². The number of thioether (sulfide) groups is 1. The number of esters is 1. The van der Waals surface area contributed by atoms with Gasteiger partial charge in [0.2, 0.25) is 5.91 Å². The van der Waals surface area contributed by atoms with Crippen molar-refractivity contribution < 1.29 is 19.1 Å². The van der Waals surface area contributed by atoms with Crippen LogP contribution in [-0.4, -0.2) is 47.8 Å². The van der Waals surface area contributed by atoms with Crippen molar-refractivity contribution in [3.05, 3.63) is 87.5 Å². The van der Waals surface area contributed by atoms with Crippen LogP contribution in [-0.2, 0) is 19.1 Å². The topological polar surface area (TPSA) is 80.2 Å². The zero-order valence-corrected chi connectivity index (χ0v) is 22.8. The standard InChI is InChI=1S/C30H33N3O4S/c1-4-36-29(35)26-27(21-9-6-5-7-10-21)32-30-33(28(26)24-13-12-19(2)15-20(24)3)22(18-38-30)16-25(34)31-17-23-11-8-14-37-23/h5-7,9-10,12-13,15,18,23,28H,4,8,11,14,16-17H2,1-3H3,(H,31,34). The summed E-state index contributed by atoms with van der Waals surface area (Å²) in [6.07, 6.45) is 2.25. The van der Waals surface area contributed by atoms with Gasteiger partial charge in [0.05, 0.1) is 36.4 Å². The molecule has 5 rings (SSSR count). The lowest BCUT2D eigenvalue weighted by Gasteiger charge is -2.37. The third kappa shape index (κ3) is 5.42. The Balaban J connectivity index is 1.55. The first-order valence-electron chi connectivity index (χ1n) is 13.1. The largest absolute Gasteiger partial charge is 0.463 e. The number of fused-ring (bicyclic) bond motifs is 1. The molecule has 0 spiro atoms. The second kappa shape index (κ2) is 11.6. The van der Waals surface area contributed by atoms with Crippen LogP contribution in [0.3, 0.4) is 0 Å². The van der Waals surface area contributed by atoms with Crippen LogP contribution in [0.1, 0.15) is 54.5 Å².